The molecule has 0 aromatic rings. The fourth-order valence-electron chi connectivity index (χ4n) is 0.177. The van der Waals surface area contributed by atoms with Crippen molar-refractivity contribution in [3.05, 3.63) is 0 Å². The summed E-state index contributed by atoms with van der Waals surface area (Å²) in [5.41, 5.74) is 9.81. The van der Waals surface area contributed by atoms with E-state index in [-0.39, 0.29) is 5.91 Å². The van der Waals surface area contributed by atoms with Crippen molar-refractivity contribution in [3.8, 4) is 0 Å². The molecule has 5 N–H and O–H groups in total. The Labute approximate surface area is 62.0 Å². The van der Waals surface area contributed by atoms with Crippen molar-refractivity contribution in [1.82, 2.24) is 5.32 Å². The van der Waals surface area contributed by atoms with Crippen LogP contribution in [-0.4, -0.2) is 26.0 Å². The van der Waals surface area contributed by atoms with Crippen LogP contribution >= 0.6 is 0 Å². The first-order chi connectivity index (χ1) is 4.72. The van der Waals surface area contributed by atoms with Crippen molar-refractivity contribution in [2.24, 2.45) is 11.5 Å². The monoisotopic (exact) mass is 147 g/mol. The molecule has 0 bridgehead atoms. The van der Waals surface area contributed by atoms with Crippen LogP contribution < -0.4 is 16.8 Å². The molecular formula is C6H17N3O. The quantitative estimate of drug-likeness (QED) is 0.471. The van der Waals surface area contributed by atoms with E-state index >= 15 is 0 Å². The van der Waals surface area contributed by atoms with E-state index in [1.54, 1.807) is 7.05 Å². The van der Waals surface area contributed by atoms with Crippen molar-refractivity contribution >= 4 is 5.91 Å². The fraction of sp³-hybridized carbons (Fsp3) is 0.833. The summed E-state index contributed by atoms with van der Waals surface area (Å²) in [6, 6.07) is 0. The number of nitrogens with one attached hydrogen (secondary N) is 1. The minimum Gasteiger partial charge on any atom is -0.359 e. The first-order valence-electron chi connectivity index (χ1n) is 3.33. The first-order valence-corrected chi connectivity index (χ1v) is 3.33. The van der Waals surface area contributed by atoms with E-state index in [0.29, 0.717) is 19.5 Å². The van der Waals surface area contributed by atoms with E-state index in [0.717, 1.165) is 0 Å². The maximum Gasteiger partial charge on any atom is 0.219 e. The van der Waals surface area contributed by atoms with Gasteiger partial charge in [0, 0.05) is 26.6 Å². The molecule has 4 nitrogen and oxygen atoms in total. The molecule has 0 saturated heterocycles. The number of carbonyl (C=O) groups is 1. The average Bonchev–Trinajstić information content (AvgIpc) is 2.03. The summed E-state index contributed by atoms with van der Waals surface area (Å²) in [4.78, 5) is 10.1. The Morgan fingerprint density at radius 2 is 1.80 bits per heavy atom. The summed E-state index contributed by atoms with van der Waals surface area (Å²) in [6.45, 7) is 3.01. The molecule has 10 heavy (non-hydrogen) atoms. The summed E-state index contributed by atoms with van der Waals surface area (Å²) in [7, 11) is 1.63. The van der Waals surface area contributed by atoms with Crippen LogP contribution in [0.5, 0.6) is 0 Å². The molecule has 0 fully saturated rings. The standard InChI is InChI=1S/C4H9NO.C2H8N2/c1-3-4(6)5-2;3-1-2-4/h3H2,1-2H3,(H,5,6);1-4H2. The number of amides is 1. The second kappa shape index (κ2) is 11.2. The minimum absolute atomic E-state index is 0.0926. The molecule has 0 atom stereocenters. The maximum absolute atomic E-state index is 10.1. The van der Waals surface area contributed by atoms with Gasteiger partial charge in [0.05, 0.1) is 0 Å². The van der Waals surface area contributed by atoms with E-state index in [4.69, 9.17) is 11.5 Å². The number of rotatable bonds is 2. The van der Waals surface area contributed by atoms with Crippen LogP contribution in [0, 0.1) is 0 Å². The van der Waals surface area contributed by atoms with Crippen LogP contribution in [0.15, 0.2) is 0 Å². The highest BCUT2D eigenvalue weighted by atomic mass is 16.1. The molecule has 0 radical (unpaired) electrons. The number of carbonyl (C=O) groups excluding carboxylic acids is 1. The van der Waals surface area contributed by atoms with Gasteiger partial charge in [0.1, 0.15) is 0 Å². The second-order valence-corrected chi connectivity index (χ2v) is 1.60. The zero-order chi connectivity index (χ0) is 8.41. The molecule has 0 aliphatic carbocycles. The van der Waals surface area contributed by atoms with Crippen molar-refractivity contribution in [3.63, 3.8) is 0 Å². The summed E-state index contributed by atoms with van der Waals surface area (Å²) in [5, 5.41) is 2.48. The van der Waals surface area contributed by atoms with E-state index in [2.05, 4.69) is 5.32 Å². The topological polar surface area (TPSA) is 81.1 Å². The van der Waals surface area contributed by atoms with Gasteiger partial charge >= 0.3 is 0 Å². The van der Waals surface area contributed by atoms with Gasteiger partial charge in [-0.1, -0.05) is 6.92 Å². The van der Waals surface area contributed by atoms with Gasteiger partial charge in [0.2, 0.25) is 5.91 Å². The van der Waals surface area contributed by atoms with Gasteiger partial charge in [0.25, 0.3) is 0 Å². The van der Waals surface area contributed by atoms with Crippen LogP contribution in [-0.2, 0) is 4.79 Å². The van der Waals surface area contributed by atoms with E-state index in [1.807, 2.05) is 6.92 Å². The summed E-state index contributed by atoms with van der Waals surface area (Å²) >= 11 is 0. The molecule has 62 valence electrons. The van der Waals surface area contributed by atoms with Crippen LogP contribution in [0.4, 0.5) is 0 Å². The number of nitrogens with two attached hydrogens (primary N) is 2. The smallest absolute Gasteiger partial charge is 0.219 e. The third-order valence-electron chi connectivity index (χ3n) is 0.767. The summed E-state index contributed by atoms with van der Waals surface area (Å²) in [5.74, 6) is 0.0926. The minimum atomic E-state index is 0.0926. The SMILES string of the molecule is CCC(=O)NC.NCCN. The highest BCUT2D eigenvalue weighted by Crippen LogP contribution is 1.68. The van der Waals surface area contributed by atoms with Gasteiger partial charge in [-0.05, 0) is 0 Å². The Balaban J connectivity index is 0. The van der Waals surface area contributed by atoms with Crippen molar-refractivity contribution in [1.29, 1.82) is 0 Å². The molecule has 0 saturated carbocycles. The largest absolute Gasteiger partial charge is 0.359 e. The van der Waals surface area contributed by atoms with Gasteiger partial charge in [-0.15, -0.1) is 0 Å². The van der Waals surface area contributed by atoms with Crippen molar-refractivity contribution in [2.45, 2.75) is 13.3 Å². The Bertz CT molecular complexity index is 67.4. The van der Waals surface area contributed by atoms with Crippen LogP contribution in [0.1, 0.15) is 13.3 Å². The number of hydrogen-bond donors (Lipinski definition) is 3. The molecule has 0 unspecified atom stereocenters. The summed E-state index contributed by atoms with van der Waals surface area (Å²) < 4.78 is 0. The molecule has 4 heteroatoms. The van der Waals surface area contributed by atoms with Gasteiger partial charge in [0.15, 0.2) is 0 Å². The Morgan fingerprint density at radius 3 is 1.80 bits per heavy atom. The van der Waals surface area contributed by atoms with Crippen LogP contribution in [0.2, 0.25) is 0 Å². The summed E-state index contributed by atoms with van der Waals surface area (Å²) in [6.07, 6.45) is 0.580. The Kier molecular flexibility index (Phi) is 13.6. The van der Waals surface area contributed by atoms with Crippen LogP contribution in [0.3, 0.4) is 0 Å². The van der Waals surface area contributed by atoms with E-state index < -0.39 is 0 Å². The lowest BCUT2D eigenvalue weighted by Crippen LogP contribution is -2.15. The zero-order valence-corrected chi connectivity index (χ0v) is 6.68. The molecule has 0 aromatic carbocycles. The normalized spacial score (nSPS) is 7.60. The van der Waals surface area contributed by atoms with E-state index in [9.17, 15) is 4.79 Å². The van der Waals surface area contributed by atoms with Gasteiger partial charge in [-0.2, -0.15) is 0 Å². The lowest BCUT2D eigenvalue weighted by atomic mass is 10.5. The second-order valence-electron chi connectivity index (χ2n) is 1.60. The predicted octanol–water partition coefficient (Wildman–Crippen LogP) is -0.954. The molecule has 1 amide bonds. The van der Waals surface area contributed by atoms with Gasteiger partial charge in [-0.3, -0.25) is 4.79 Å². The lowest BCUT2D eigenvalue weighted by Gasteiger charge is -1.87. The molecule has 0 aromatic heterocycles. The molecular weight excluding hydrogens is 130 g/mol. The first kappa shape index (κ1) is 12.1. The van der Waals surface area contributed by atoms with Crippen LogP contribution in [0.25, 0.3) is 0 Å². The van der Waals surface area contributed by atoms with Crippen molar-refractivity contribution in [2.75, 3.05) is 20.1 Å². The zero-order valence-electron chi connectivity index (χ0n) is 6.68. The predicted molar refractivity (Wildman–Crippen MR) is 42.5 cm³/mol. The third-order valence-corrected chi connectivity index (χ3v) is 0.767. The highest BCUT2D eigenvalue weighted by molar-refractivity contribution is 5.74. The Hall–Kier alpha value is -0.610. The molecule has 0 spiro atoms. The molecule has 0 rings (SSSR count). The third kappa shape index (κ3) is 15.7. The van der Waals surface area contributed by atoms with Gasteiger partial charge < -0.3 is 16.8 Å². The van der Waals surface area contributed by atoms with Gasteiger partial charge in [-0.25, -0.2) is 0 Å². The molecule has 0 aliphatic rings. The maximum atomic E-state index is 10.1. The highest BCUT2D eigenvalue weighted by Gasteiger charge is 1.84. The Morgan fingerprint density at radius 1 is 1.40 bits per heavy atom. The molecule has 0 aliphatic heterocycles. The van der Waals surface area contributed by atoms with Crippen molar-refractivity contribution < 1.29 is 4.79 Å². The number of hydrogen-bond acceptors (Lipinski definition) is 3. The van der Waals surface area contributed by atoms with E-state index in [1.165, 1.54) is 0 Å². The lowest BCUT2D eigenvalue weighted by molar-refractivity contribution is -0.120. The average molecular weight is 147 g/mol. The molecule has 0 heterocycles. The fourth-order valence-corrected chi connectivity index (χ4v) is 0.177.